The topological polar surface area (TPSA) is 29.3 Å². The van der Waals surface area contributed by atoms with Crippen molar-refractivity contribution >= 4 is 5.69 Å². The van der Waals surface area contributed by atoms with E-state index >= 15 is 0 Å². The van der Waals surface area contributed by atoms with Crippen LogP contribution in [0.3, 0.4) is 0 Å². The standard InChI is InChI=1S/C14H19FN2/c15-13-3-1-2-11-5-7-12-6-4-10(8-16)9-17(12)14(11)13/h1-3,10,12H,4-9,16H2. The molecule has 3 heteroatoms. The van der Waals surface area contributed by atoms with Crippen LogP contribution >= 0.6 is 0 Å². The molecule has 92 valence electrons. The number of hydrogen-bond acceptors (Lipinski definition) is 2. The van der Waals surface area contributed by atoms with Crippen LogP contribution in [0.15, 0.2) is 18.2 Å². The average Bonchev–Trinajstić information content (AvgIpc) is 2.38. The molecule has 0 aliphatic carbocycles. The highest BCUT2D eigenvalue weighted by Crippen LogP contribution is 2.38. The van der Waals surface area contributed by atoms with Crippen LogP contribution in [0.4, 0.5) is 10.1 Å². The minimum Gasteiger partial charge on any atom is -0.366 e. The highest BCUT2D eigenvalue weighted by atomic mass is 19.1. The zero-order valence-corrected chi connectivity index (χ0v) is 10.0. The Morgan fingerprint density at radius 2 is 2.18 bits per heavy atom. The fraction of sp³-hybridized carbons (Fsp3) is 0.571. The van der Waals surface area contributed by atoms with E-state index in [0.29, 0.717) is 18.5 Å². The molecular formula is C14H19FN2. The number of piperidine rings is 1. The van der Waals surface area contributed by atoms with Crippen molar-refractivity contribution in [2.24, 2.45) is 11.7 Å². The summed E-state index contributed by atoms with van der Waals surface area (Å²) in [6.07, 6.45) is 4.53. The van der Waals surface area contributed by atoms with Crippen LogP contribution in [0.2, 0.25) is 0 Å². The smallest absolute Gasteiger partial charge is 0.146 e. The maximum Gasteiger partial charge on any atom is 0.146 e. The van der Waals surface area contributed by atoms with Gasteiger partial charge in [0.2, 0.25) is 0 Å². The van der Waals surface area contributed by atoms with E-state index in [1.807, 2.05) is 6.07 Å². The molecule has 0 aromatic heterocycles. The fourth-order valence-electron chi connectivity index (χ4n) is 3.27. The van der Waals surface area contributed by atoms with E-state index in [1.54, 1.807) is 6.07 Å². The summed E-state index contributed by atoms with van der Waals surface area (Å²) >= 11 is 0. The summed E-state index contributed by atoms with van der Waals surface area (Å²) in [7, 11) is 0. The van der Waals surface area contributed by atoms with Crippen molar-refractivity contribution in [1.82, 2.24) is 0 Å². The van der Waals surface area contributed by atoms with Crippen molar-refractivity contribution in [2.45, 2.75) is 31.7 Å². The molecular weight excluding hydrogens is 215 g/mol. The summed E-state index contributed by atoms with van der Waals surface area (Å²) < 4.78 is 14.0. The van der Waals surface area contributed by atoms with Crippen LogP contribution < -0.4 is 10.6 Å². The molecule has 2 atom stereocenters. The van der Waals surface area contributed by atoms with Gasteiger partial charge >= 0.3 is 0 Å². The summed E-state index contributed by atoms with van der Waals surface area (Å²) in [6, 6.07) is 5.98. The van der Waals surface area contributed by atoms with Crippen molar-refractivity contribution in [3.63, 3.8) is 0 Å². The number of fused-ring (bicyclic) bond motifs is 3. The van der Waals surface area contributed by atoms with Gasteiger partial charge in [0.05, 0.1) is 5.69 Å². The van der Waals surface area contributed by atoms with E-state index in [9.17, 15) is 4.39 Å². The SMILES string of the molecule is NCC1CCC2CCc3cccc(F)c3N2C1. The van der Waals surface area contributed by atoms with E-state index in [1.165, 1.54) is 12.0 Å². The molecule has 3 rings (SSSR count). The van der Waals surface area contributed by atoms with Gasteiger partial charge in [0.1, 0.15) is 5.82 Å². The van der Waals surface area contributed by atoms with E-state index in [-0.39, 0.29) is 5.82 Å². The number of nitrogens with two attached hydrogens (primary N) is 1. The predicted octanol–water partition coefficient (Wildman–Crippen LogP) is 2.32. The molecule has 0 saturated carbocycles. The first-order chi connectivity index (χ1) is 8.29. The zero-order chi connectivity index (χ0) is 11.8. The van der Waals surface area contributed by atoms with Crippen LogP contribution in [0.5, 0.6) is 0 Å². The molecule has 2 nitrogen and oxygen atoms in total. The Labute approximate surface area is 102 Å². The molecule has 0 radical (unpaired) electrons. The Hall–Kier alpha value is -1.09. The first-order valence-corrected chi connectivity index (χ1v) is 6.53. The maximum atomic E-state index is 14.0. The van der Waals surface area contributed by atoms with E-state index in [4.69, 9.17) is 5.73 Å². The number of anilines is 1. The number of aryl methyl sites for hydroxylation is 1. The molecule has 1 aromatic rings. The highest BCUT2D eigenvalue weighted by Gasteiger charge is 2.33. The quantitative estimate of drug-likeness (QED) is 0.808. The van der Waals surface area contributed by atoms with Crippen LogP contribution in [0, 0.1) is 11.7 Å². The second-order valence-electron chi connectivity index (χ2n) is 5.27. The van der Waals surface area contributed by atoms with Gasteiger partial charge in [-0.1, -0.05) is 12.1 Å². The molecule has 2 N–H and O–H groups in total. The summed E-state index contributed by atoms with van der Waals surface area (Å²) in [4.78, 5) is 2.27. The van der Waals surface area contributed by atoms with Crippen molar-refractivity contribution in [1.29, 1.82) is 0 Å². The third kappa shape index (κ3) is 1.82. The second-order valence-corrected chi connectivity index (χ2v) is 5.27. The van der Waals surface area contributed by atoms with Crippen molar-refractivity contribution in [2.75, 3.05) is 18.0 Å². The third-order valence-corrected chi connectivity index (χ3v) is 4.24. The van der Waals surface area contributed by atoms with Crippen LogP contribution in [-0.4, -0.2) is 19.1 Å². The Morgan fingerprint density at radius 3 is 3.00 bits per heavy atom. The van der Waals surface area contributed by atoms with Gasteiger partial charge in [0.25, 0.3) is 0 Å². The molecule has 2 aliphatic rings. The monoisotopic (exact) mass is 234 g/mol. The summed E-state index contributed by atoms with van der Waals surface area (Å²) in [5.41, 5.74) is 7.78. The molecule has 0 bridgehead atoms. The first-order valence-electron chi connectivity index (χ1n) is 6.53. The van der Waals surface area contributed by atoms with Crippen LogP contribution in [-0.2, 0) is 6.42 Å². The van der Waals surface area contributed by atoms with E-state index in [2.05, 4.69) is 11.0 Å². The van der Waals surface area contributed by atoms with Gasteiger partial charge in [0, 0.05) is 12.6 Å². The predicted molar refractivity (Wildman–Crippen MR) is 67.6 cm³/mol. The molecule has 2 unspecified atom stereocenters. The van der Waals surface area contributed by atoms with E-state index < -0.39 is 0 Å². The molecule has 17 heavy (non-hydrogen) atoms. The molecule has 1 saturated heterocycles. The van der Waals surface area contributed by atoms with Crippen molar-refractivity contribution in [3.8, 4) is 0 Å². The van der Waals surface area contributed by atoms with Gasteiger partial charge in [-0.15, -0.1) is 0 Å². The Balaban J connectivity index is 1.97. The summed E-state index contributed by atoms with van der Waals surface area (Å²) in [5, 5.41) is 0. The molecule has 0 amide bonds. The van der Waals surface area contributed by atoms with Crippen molar-refractivity contribution < 1.29 is 4.39 Å². The lowest BCUT2D eigenvalue weighted by Crippen LogP contribution is -2.48. The van der Waals surface area contributed by atoms with Gasteiger partial charge in [-0.25, -0.2) is 4.39 Å². The molecule has 2 aliphatic heterocycles. The molecule has 2 heterocycles. The van der Waals surface area contributed by atoms with Crippen molar-refractivity contribution in [3.05, 3.63) is 29.6 Å². The molecule has 0 spiro atoms. The number of rotatable bonds is 1. The fourth-order valence-corrected chi connectivity index (χ4v) is 3.27. The van der Waals surface area contributed by atoms with E-state index in [0.717, 1.165) is 31.5 Å². The average molecular weight is 234 g/mol. The number of nitrogens with zero attached hydrogens (tertiary/aromatic N) is 1. The second kappa shape index (κ2) is 4.30. The third-order valence-electron chi connectivity index (χ3n) is 4.24. The highest BCUT2D eigenvalue weighted by molar-refractivity contribution is 5.58. The Morgan fingerprint density at radius 1 is 1.29 bits per heavy atom. The lowest BCUT2D eigenvalue weighted by atomic mass is 9.85. The molecule has 1 fully saturated rings. The van der Waals surface area contributed by atoms with Gasteiger partial charge in [-0.05, 0) is 49.8 Å². The van der Waals surface area contributed by atoms with Crippen LogP contribution in [0.25, 0.3) is 0 Å². The van der Waals surface area contributed by atoms with Gasteiger partial charge in [-0.3, -0.25) is 0 Å². The summed E-state index contributed by atoms with van der Waals surface area (Å²) in [5.74, 6) is 0.460. The van der Waals surface area contributed by atoms with Crippen LogP contribution in [0.1, 0.15) is 24.8 Å². The number of para-hydroxylation sites is 1. The lowest BCUT2D eigenvalue weighted by Gasteiger charge is -2.45. The largest absolute Gasteiger partial charge is 0.366 e. The number of hydrogen-bond donors (Lipinski definition) is 1. The normalized spacial score (nSPS) is 27.5. The number of halogens is 1. The Bertz CT molecular complexity index is 419. The lowest BCUT2D eigenvalue weighted by molar-refractivity contribution is 0.338. The number of benzene rings is 1. The Kier molecular flexibility index (Phi) is 2.79. The first kappa shape index (κ1) is 11.0. The maximum absolute atomic E-state index is 14.0. The minimum absolute atomic E-state index is 0.0649. The minimum atomic E-state index is -0.0649. The summed E-state index contributed by atoms with van der Waals surface area (Å²) in [6.45, 7) is 1.64. The van der Waals surface area contributed by atoms with Gasteiger partial charge in [0.15, 0.2) is 0 Å². The van der Waals surface area contributed by atoms with Gasteiger partial charge < -0.3 is 10.6 Å². The molecule has 1 aromatic carbocycles. The van der Waals surface area contributed by atoms with Gasteiger partial charge in [-0.2, -0.15) is 0 Å². The zero-order valence-electron chi connectivity index (χ0n) is 10.0.